The van der Waals surface area contributed by atoms with Crippen LogP contribution >= 0.6 is 11.8 Å². The molecule has 0 aromatic heterocycles. The molecule has 0 aromatic rings. The van der Waals surface area contributed by atoms with Crippen LogP contribution < -0.4 is 10.7 Å². The van der Waals surface area contributed by atoms with Crippen LogP contribution in [0, 0.1) is 21.7 Å². The monoisotopic (exact) mass is 415 g/mol. The van der Waals surface area contributed by atoms with E-state index in [-0.39, 0.29) is 24.2 Å². The van der Waals surface area contributed by atoms with Gasteiger partial charge in [0.15, 0.2) is 0 Å². The number of nitrogens with one attached hydrogen (secondary N) is 2. The number of rotatable bonds is 1. The topological polar surface area (TPSA) is 53.5 Å². The van der Waals surface area contributed by atoms with Crippen LogP contribution in [-0.2, 0) is 4.79 Å². The molecule has 1 fully saturated rings. The fraction of sp³-hybridized carbons (Fsp3) is 0.913. The highest BCUT2D eigenvalue weighted by Crippen LogP contribution is 2.37. The maximum atomic E-state index is 11.5. The maximum Gasteiger partial charge on any atom is 0.245 e. The van der Waals surface area contributed by atoms with Crippen molar-refractivity contribution < 1.29 is 4.79 Å². The van der Waals surface area contributed by atoms with Crippen LogP contribution in [-0.4, -0.2) is 28.8 Å². The van der Waals surface area contributed by atoms with Crippen molar-refractivity contribution in [2.75, 3.05) is 5.75 Å². The molecule has 2 unspecified atom stereocenters. The number of thioether (sulfide) groups is 1. The smallest absolute Gasteiger partial charge is 0.245 e. The van der Waals surface area contributed by atoms with Gasteiger partial charge in [-0.3, -0.25) is 4.79 Å². The van der Waals surface area contributed by atoms with Crippen LogP contribution in [0.5, 0.6) is 0 Å². The van der Waals surface area contributed by atoms with Crippen molar-refractivity contribution in [1.82, 2.24) is 10.7 Å². The van der Waals surface area contributed by atoms with E-state index in [1.54, 1.807) is 0 Å². The molecule has 2 N–H and O–H groups in total. The Balaban J connectivity index is 0. The van der Waals surface area contributed by atoms with Gasteiger partial charge in [-0.15, -0.1) is 11.8 Å². The zero-order valence-corrected chi connectivity index (χ0v) is 20.9. The number of hydrogen-bond acceptors (Lipinski definition) is 4. The van der Waals surface area contributed by atoms with E-state index >= 15 is 0 Å². The lowest BCUT2D eigenvalue weighted by atomic mass is 9.87. The molecule has 28 heavy (non-hydrogen) atoms. The minimum absolute atomic E-state index is 0. The van der Waals surface area contributed by atoms with Crippen LogP contribution in [0.15, 0.2) is 5.10 Å². The van der Waals surface area contributed by atoms with Gasteiger partial charge in [0.25, 0.3) is 0 Å². The summed E-state index contributed by atoms with van der Waals surface area (Å²) in [6.07, 6.45) is 0. The number of amides is 1. The average Bonchev–Trinajstić information content (AvgIpc) is 2.92. The molecule has 0 aliphatic carbocycles. The highest BCUT2D eigenvalue weighted by molar-refractivity contribution is 8.00. The molecule has 168 valence electrons. The molecule has 1 saturated heterocycles. The normalized spacial score (nSPS) is 21.4. The third kappa shape index (κ3) is 10.8. The van der Waals surface area contributed by atoms with Gasteiger partial charge in [0.2, 0.25) is 5.91 Å². The Kier molecular flexibility index (Phi) is 11.1. The van der Waals surface area contributed by atoms with Crippen molar-refractivity contribution in [3.05, 3.63) is 0 Å². The van der Waals surface area contributed by atoms with Crippen molar-refractivity contribution in [3.8, 4) is 0 Å². The van der Waals surface area contributed by atoms with Gasteiger partial charge in [-0.2, -0.15) is 5.10 Å². The molecule has 1 amide bonds. The third-order valence-electron chi connectivity index (χ3n) is 4.71. The Hall–Kier alpha value is -0.550. The minimum Gasteiger partial charge on any atom is -0.301 e. The predicted octanol–water partition coefficient (Wildman–Crippen LogP) is 6.32. The van der Waals surface area contributed by atoms with E-state index < -0.39 is 0 Å². The summed E-state index contributed by atoms with van der Waals surface area (Å²) in [7, 11) is 0. The van der Waals surface area contributed by atoms with E-state index in [0.29, 0.717) is 22.2 Å². The Labute approximate surface area is 180 Å². The summed E-state index contributed by atoms with van der Waals surface area (Å²) in [6.45, 7) is 27.6. The Bertz CT molecular complexity index is 494. The molecule has 0 spiro atoms. The van der Waals surface area contributed by atoms with E-state index in [9.17, 15) is 4.79 Å². The van der Waals surface area contributed by atoms with Crippen molar-refractivity contribution >= 4 is 23.4 Å². The fourth-order valence-electron chi connectivity index (χ4n) is 1.94. The Morgan fingerprint density at radius 1 is 0.893 bits per heavy atom. The van der Waals surface area contributed by atoms with E-state index in [4.69, 9.17) is 0 Å². The lowest BCUT2D eigenvalue weighted by Gasteiger charge is -2.31. The van der Waals surface area contributed by atoms with Crippen molar-refractivity contribution in [2.45, 2.75) is 109 Å². The number of nitrogens with zero attached hydrogens (tertiary/aromatic N) is 1. The first kappa shape index (κ1) is 29.6. The van der Waals surface area contributed by atoms with Gasteiger partial charge >= 0.3 is 0 Å². The van der Waals surface area contributed by atoms with Crippen molar-refractivity contribution in [1.29, 1.82) is 0 Å². The molecule has 1 rings (SSSR count). The SMILES string of the molecule is C.C/C(=N\NC(=O)C(C)(C)C)C(C)(C)C.CC(C)(C)C1CSC(C(C)(C)C)N1. The van der Waals surface area contributed by atoms with Crippen LogP contribution in [0.4, 0.5) is 0 Å². The molecule has 0 aromatic carbocycles. The molecule has 0 bridgehead atoms. The maximum absolute atomic E-state index is 11.5. The zero-order chi connectivity index (χ0) is 21.8. The number of hydrazone groups is 1. The van der Waals surface area contributed by atoms with Gasteiger partial charge in [-0.1, -0.05) is 90.5 Å². The first-order valence-electron chi connectivity index (χ1n) is 9.99. The lowest BCUT2D eigenvalue weighted by molar-refractivity contribution is -0.128. The molecule has 5 heteroatoms. The van der Waals surface area contributed by atoms with Crippen LogP contribution in [0.1, 0.15) is 97.4 Å². The summed E-state index contributed by atoms with van der Waals surface area (Å²) in [5, 5.41) is 8.43. The van der Waals surface area contributed by atoms with Crippen LogP contribution in [0.3, 0.4) is 0 Å². The molecule has 0 saturated carbocycles. The number of hydrogen-bond donors (Lipinski definition) is 2. The summed E-state index contributed by atoms with van der Waals surface area (Å²) in [5.74, 6) is 1.20. The van der Waals surface area contributed by atoms with Gasteiger partial charge in [-0.25, -0.2) is 5.43 Å². The molecule has 0 radical (unpaired) electrons. The summed E-state index contributed by atoms with van der Waals surface area (Å²) >= 11 is 2.07. The highest BCUT2D eigenvalue weighted by Gasteiger charge is 2.37. The fourth-order valence-corrected chi connectivity index (χ4v) is 3.68. The van der Waals surface area contributed by atoms with E-state index in [2.05, 4.69) is 89.9 Å². The summed E-state index contributed by atoms with van der Waals surface area (Å²) in [6, 6.07) is 0.668. The average molecular weight is 416 g/mol. The molecular formula is C23H49N3OS. The highest BCUT2D eigenvalue weighted by atomic mass is 32.2. The second-order valence-corrected chi connectivity index (χ2v) is 12.9. The first-order chi connectivity index (χ1) is 11.8. The largest absolute Gasteiger partial charge is 0.301 e. The molecule has 1 heterocycles. The van der Waals surface area contributed by atoms with Gasteiger partial charge in [0.05, 0.1) is 5.37 Å². The second-order valence-electron chi connectivity index (χ2n) is 11.8. The standard InChI is InChI=1S/C11H22N2O.C11H23NS.CH4/c1-8(10(2,3)4)12-13-9(14)11(5,6)7;1-10(2,3)8-7-13-9(12-8)11(4,5)6;/h1-7H3,(H,13,14);8-9,12H,7H2,1-6H3;1H4/b12-8+;;. The quantitative estimate of drug-likeness (QED) is 0.389. The van der Waals surface area contributed by atoms with Crippen LogP contribution in [0.25, 0.3) is 0 Å². The Morgan fingerprint density at radius 3 is 1.61 bits per heavy atom. The van der Waals surface area contributed by atoms with Crippen LogP contribution in [0.2, 0.25) is 0 Å². The lowest BCUT2D eigenvalue weighted by Crippen LogP contribution is -2.44. The molecule has 4 nitrogen and oxygen atoms in total. The molecule has 1 aliphatic rings. The minimum atomic E-state index is -0.387. The second kappa shape index (κ2) is 10.5. The van der Waals surface area contributed by atoms with E-state index in [1.807, 2.05) is 27.7 Å². The summed E-state index contributed by atoms with van der Waals surface area (Å²) < 4.78 is 0. The van der Waals surface area contributed by atoms with Gasteiger partial charge in [-0.05, 0) is 17.8 Å². The third-order valence-corrected chi connectivity index (χ3v) is 6.41. The number of carbonyl (C=O) groups is 1. The zero-order valence-electron chi connectivity index (χ0n) is 20.1. The van der Waals surface area contributed by atoms with E-state index in [1.165, 1.54) is 5.75 Å². The molecule has 2 atom stereocenters. The number of carbonyl (C=O) groups excluding carboxylic acids is 1. The van der Waals surface area contributed by atoms with Gasteiger partial charge in [0, 0.05) is 28.3 Å². The van der Waals surface area contributed by atoms with E-state index in [0.717, 1.165) is 5.71 Å². The first-order valence-corrected chi connectivity index (χ1v) is 11.0. The Morgan fingerprint density at radius 2 is 1.36 bits per heavy atom. The summed E-state index contributed by atoms with van der Waals surface area (Å²) in [4.78, 5) is 11.5. The molecular weight excluding hydrogens is 366 g/mol. The summed E-state index contributed by atoms with van der Waals surface area (Å²) in [5.41, 5.74) is 3.90. The van der Waals surface area contributed by atoms with Gasteiger partial charge in [0.1, 0.15) is 0 Å². The van der Waals surface area contributed by atoms with Crippen molar-refractivity contribution in [2.24, 2.45) is 26.8 Å². The van der Waals surface area contributed by atoms with Crippen molar-refractivity contribution in [3.63, 3.8) is 0 Å². The molecule has 1 aliphatic heterocycles. The predicted molar refractivity (Wildman–Crippen MR) is 129 cm³/mol. The van der Waals surface area contributed by atoms with Gasteiger partial charge < -0.3 is 5.32 Å².